The molecule has 0 radical (unpaired) electrons. The molecule has 0 aromatic carbocycles. The summed E-state index contributed by atoms with van der Waals surface area (Å²) in [6.45, 7) is 3.57. The first-order chi connectivity index (χ1) is 8.63. The molecule has 6 heteroatoms. The van der Waals surface area contributed by atoms with E-state index >= 15 is 0 Å². The van der Waals surface area contributed by atoms with Crippen molar-refractivity contribution in [1.29, 1.82) is 0 Å². The van der Waals surface area contributed by atoms with Gasteiger partial charge < -0.3 is 20.1 Å². The average molecular weight is 253 g/mol. The van der Waals surface area contributed by atoms with Crippen LogP contribution in [0.2, 0.25) is 0 Å². The van der Waals surface area contributed by atoms with Crippen LogP contribution < -0.4 is 5.32 Å². The zero-order chi connectivity index (χ0) is 13.4. The van der Waals surface area contributed by atoms with Crippen molar-refractivity contribution < 1.29 is 19.6 Å². The lowest BCUT2D eigenvalue weighted by Gasteiger charge is -2.16. The lowest BCUT2D eigenvalue weighted by molar-refractivity contribution is -0.142. The zero-order valence-corrected chi connectivity index (χ0v) is 10.6. The molecule has 1 atom stereocenters. The van der Waals surface area contributed by atoms with Gasteiger partial charge in [-0.05, 0) is 24.7 Å². The van der Waals surface area contributed by atoms with Gasteiger partial charge in [0.1, 0.15) is 0 Å². The van der Waals surface area contributed by atoms with Crippen molar-refractivity contribution in [3.63, 3.8) is 0 Å². The first kappa shape index (κ1) is 15.0. The van der Waals surface area contributed by atoms with E-state index in [0.29, 0.717) is 31.0 Å². The summed E-state index contributed by atoms with van der Waals surface area (Å²) in [5.74, 6) is 0.143. The van der Waals surface area contributed by atoms with Gasteiger partial charge in [-0.15, -0.1) is 0 Å². The molecule has 1 unspecified atom stereocenters. The molecule has 100 valence electrons. The van der Waals surface area contributed by atoms with Gasteiger partial charge in [-0.2, -0.15) is 0 Å². The highest BCUT2D eigenvalue weighted by atomic mass is 16.5. The maximum absolute atomic E-state index is 11.1. The highest BCUT2D eigenvalue weighted by Gasteiger charge is 2.16. The molecular weight excluding hydrogens is 233 g/mol. The molecule has 0 spiro atoms. The second-order valence-electron chi connectivity index (χ2n) is 4.19. The highest BCUT2D eigenvalue weighted by molar-refractivity contribution is 6.51. The van der Waals surface area contributed by atoms with Crippen molar-refractivity contribution in [2.75, 3.05) is 19.7 Å². The Hall–Kier alpha value is -1.11. The molecule has 1 aliphatic rings. The van der Waals surface area contributed by atoms with E-state index in [1.807, 2.05) is 12.2 Å². The molecule has 0 aliphatic heterocycles. The maximum atomic E-state index is 11.1. The summed E-state index contributed by atoms with van der Waals surface area (Å²) in [4.78, 5) is 11.1. The molecule has 0 saturated heterocycles. The van der Waals surface area contributed by atoms with Gasteiger partial charge in [0.05, 0.1) is 13.0 Å². The van der Waals surface area contributed by atoms with E-state index in [9.17, 15) is 4.79 Å². The second kappa shape index (κ2) is 8.08. The SMILES string of the molecule is CCOC(=O)CCNCC1C=CC(B(O)O)=CC1. The van der Waals surface area contributed by atoms with Crippen LogP contribution in [0, 0.1) is 5.92 Å². The van der Waals surface area contributed by atoms with Crippen LogP contribution in [-0.2, 0) is 9.53 Å². The number of carbonyl (C=O) groups excluding carboxylic acids is 1. The molecular formula is C12H20BNO4. The van der Waals surface area contributed by atoms with Crippen molar-refractivity contribution in [2.45, 2.75) is 19.8 Å². The van der Waals surface area contributed by atoms with Gasteiger partial charge >= 0.3 is 13.1 Å². The first-order valence-electron chi connectivity index (χ1n) is 6.24. The van der Waals surface area contributed by atoms with Crippen molar-refractivity contribution in [3.8, 4) is 0 Å². The Kier molecular flexibility index (Phi) is 6.71. The van der Waals surface area contributed by atoms with E-state index in [1.54, 1.807) is 13.0 Å². The molecule has 0 heterocycles. The van der Waals surface area contributed by atoms with E-state index in [2.05, 4.69) is 5.32 Å². The lowest BCUT2D eigenvalue weighted by Crippen LogP contribution is -2.26. The fourth-order valence-corrected chi connectivity index (χ4v) is 1.74. The summed E-state index contributed by atoms with van der Waals surface area (Å²) >= 11 is 0. The van der Waals surface area contributed by atoms with E-state index in [0.717, 1.165) is 13.0 Å². The number of hydrogen-bond donors (Lipinski definition) is 3. The Morgan fingerprint density at radius 2 is 2.39 bits per heavy atom. The maximum Gasteiger partial charge on any atom is 0.488 e. The van der Waals surface area contributed by atoms with Gasteiger partial charge in [0.2, 0.25) is 0 Å². The van der Waals surface area contributed by atoms with Gasteiger partial charge in [-0.3, -0.25) is 4.79 Å². The van der Waals surface area contributed by atoms with Crippen LogP contribution in [0.1, 0.15) is 19.8 Å². The predicted molar refractivity (Wildman–Crippen MR) is 69.6 cm³/mol. The summed E-state index contributed by atoms with van der Waals surface area (Å²) in [5.41, 5.74) is 0.540. The summed E-state index contributed by atoms with van der Waals surface area (Å²) in [6.07, 6.45) is 6.65. The van der Waals surface area contributed by atoms with Crippen LogP contribution in [-0.4, -0.2) is 42.8 Å². The van der Waals surface area contributed by atoms with Gasteiger partial charge in [0.25, 0.3) is 0 Å². The Morgan fingerprint density at radius 3 is 2.94 bits per heavy atom. The fraction of sp³-hybridized carbons (Fsp3) is 0.583. The fourth-order valence-electron chi connectivity index (χ4n) is 1.74. The quantitative estimate of drug-likeness (QED) is 0.339. The molecule has 0 amide bonds. The standard InChI is InChI=1S/C12H20BNO4/c1-2-18-12(15)7-8-14-9-10-3-5-11(6-4-10)13(16)17/h3,5-6,10,14,16-17H,2,4,7-9H2,1H3. The van der Waals surface area contributed by atoms with Crippen molar-refractivity contribution >= 4 is 13.1 Å². The van der Waals surface area contributed by atoms with Gasteiger partial charge in [-0.25, -0.2) is 0 Å². The minimum Gasteiger partial charge on any atom is -0.466 e. The molecule has 0 aromatic heterocycles. The topological polar surface area (TPSA) is 78.8 Å². The zero-order valence-electron chi connectivity index (χ0n) is 10.6. The van der Waals surface area contributed by atoms with Crippen LogP contribution >= 0.6 is 0 Å². The molecule has 18 heavy (non-hydrogen) atoms. The molecule has 5 nitrogen and oxygen atoms in total. The largest absolute Gasteiger partial charge is 0.488 e. The van der Waals surface area contributed by atoms with Crippen LogP contribution in [0.25, 0.3) is 0 Å². The Labute approximate surface area is 108 Å². The van der Waals surface area contributed by atoms with Gasteiger partial charge in [-0.1, -0.05) is 18.2 Å². The Balaban J connectivity index is 2.12. The monoisotopic (exact) mass is 253 g/mol. The molecule has 0 bridgehead atoms. The van der Waals surface area contributed by atoms with E-state index in [-0.39, 0.29) is 5.97 Å². The number of hydrogen-bond acceptors (Lipinski definition) is 5. The Morgan fingerprint density at radius 1 is 1.61 bits per heavy atom. The number of allylic oxidation sites excluding steroid dienone is 3. The normalized spacial score (nSPS) is 18.4. The molecule has 3 N–H and O–H groups in total. The van der Waals surface area contributed by atoms with Crippen molar-refractivity contribution in [2.24, 2.45) is 5.92 Å². The third-order valence-corrected chi connectivity index (χ3v) is 2.73. The number of carbonyl (C=O) groups is 1. The van der Waals surface area contributed by atoms with E-state index in [1.165, 1.54) is 0 Å². The number of ether oxygens (including phenoxy) is 1. The molecule has 0 saturated carbocycles. The van der Waals surface area contributed by atoms with E-state index in [4.69, 9.17) is 14.8 Å². The summed E-state index contributed by atoms with van der Waals surface area (Å²) in [7, 11) is -1.39. The van der Waals surface area contributed by atoms with Crippen LogP contribution in [0.3, 0.4) is 0 Å². The molecule has 0 aromatic rings. The number of rotatable bonds is 7. The van der Waals surface area contributed by atoms with Crippen molar-refractivity contribution in [3.05, 3.63) is 23.7 Å². The van der Waals surface area contributed by atoms with Gasteiger partial charge in [0, 0.05) is 13.1 Å². The van der Waals surface area contributed by atoms with Crippen molar-refractivity contribution in [1.82, 2.24) is 5.32 Å². The summed E-state index contributed by atoms with van der Waals surface area (Å²) < 4.78 is 4.82. The lowest BCUT2D eigenvalue weighted by atomic mass is 9.75. The highest BCUT2D eigenvalue weighted by Crippen LogP contribution is 2.16. The second-order valence-corrected chi connectivity index (χ2v) is 4.19. The average Bonchev–Trinajstić information content (AvgIpc) is 2.35. The third-order valence-electron chi connectivity index (χ3n) is 2.73. The smallest absolute Gasteiger partial charge is 0.466 e. The number of esters is 1. The Bertz CT molecular complexity index is 328. The van der Waals surface area contributed by atoms with Crippen LogP contribution in [0.4, 0.5) is 0 Å². The van der Waals surface area contributed by atoms with E-state index < -0.39 is 7.12 Å². The van der Waals surface area contributed by atoms with Crippen LogP contribution in [0.15, 0.2) is 23.7 Å². The predicted octanol–water partition coefficient (Wildman–Crippen LogP) is 0.0437. The molecule has 1 rings (SSSR count). The minimum absolute atomic E-state index is 0.185. The van der Waals surface area contributed by atoms with Gasteiger partial charge in [0.15, 0.2) is 0 Å². The number of nitrogens with one attached hydrogen (secondary N) is 1. The molecule has 0 fully saturated rings. The third kappa shape index (κ3) is 5.49. The minimum atomic E-state index is -1.39. The first-order valence-corrected chi connectivity index (χ1v) is 6.24. The molecule has 1 aliphatic carbocycles. The summed E-state index contributed by atoms with van der Waals surface area (Å²) in [6, 6.07) is 0. The summed E-state index contributed by atoms with van der Waals surface area (Å²) in [5, 5.41) is 21.1. The van der Waals surface area contributed by atoms with Crippen LogP contribution in [0.5, 0.6) is 0 Å².